The second-order valence-corrected chi connectivity index (χ2v) is 15.9. The summed E-state index contributed by atoms with van der Waals surface area (Å²) in [5.41, 5.74) is 6.27. The number of fused-ring (bicyclic) bond motifs is 5. The van der Waals surface area contributed by atoms with Gasteiger partial charge in [-0.1, -0.05) is 84.2 Å². The van der Waals surface area contributed by atoms with Gasteiger partial charge in [0.2, 0.25) is 11.8 Å². The summed E-state index contributed by atoms with van der Waals surface area (Å²) in [6.07, 6.45) is 4.92. The molecule has 1 atom stereocenters. The number of carbonyl (C=O) groups is 2. The number of aryl methyl sites for hydroxylation is 1. The van der Waals surface area contributed by atoms with E-state index in [0.29, 0.717) is 23.0 Å². The molecular weight excluding hydrogens is 669 g/mol. The Morgan fingerprint density at radius 2 is 1.73 bits per heavy atom. The summed E-state index contributed by atoms with van der Waals surface area (Å²) in [5, 5.41) is 15.8. The number of nitrogens with zero attached hydrogens (tertiary/aromatic N) is 5. The third-order valence-corrected chi connectivity index (χ3v) is 12.5. The fourth-order valence-electron chi connectivity index (χ4n) is 6.69. The van der Waals surface area contributed by atoms with Crippen LogP contribution in [0.2, 0.25) is 0 Å². The zero-order chi connectivity index (χ0) is 33.5. The lowest BCUT2D eigenvalue weighted by Gasteiger charge is -2.14. The molecule has 4 aromatic carbocycles. The molecule has 3 heterocycles. The van der Waals surface area contributed by atoms with E-state index in [0.717, 1.165) is 45.2 Å². The van der Waals surface area contributed by atoms with Crippen molar-refractivity contribution in [1.82, 2.24) is 24.3 Å². The van der Waals surface area contributed by atoms with Gasteiger partial charge in [-0.3, -0.25) is 14.2 Å². The van der Waals surface area contributed by atoms with Crippen molar-refractivity contribution in [2.24, 2.45) is 7.05 Å². The number of para-hydroxylation sites is 1. The highest BCUT2D eigenvalue weighted by molar-refractivity contribution is 8.01. The highest BCUT2D eigenvalue weighted by Crippen LogP contribution is 2.35. The summed E-state index contributed by atoms with van der Waals surface area (Å²) in [4.78, 5) is 31.6. The topological polar surface area (TPSA) is 94.7 Å². The number of thioether (sulfide) groups is 2. The molecule has 0 aliphatic heterocycles. The van der Waals surface area contributed by atoms with Gasteiger partial charge < -0.3 is 9.88 Å². The van der Waals surface area contributed by atoms with Crippen LogP contribution < -0.4 is 5.32 Å². The maximum absolute atomic E-state index is 13.6. The van der Waals surface area contributed by atoms with E-state index in [1.165, 1.54) is 74.3 Å². The lowest BCUT2D eigenvalue weighted by molar-refractivity contribution is -0.115. The molecule has 8 rings (SSSR count). The summed E-state index contributed by atoms with van der Waals surface area (Å²) in [7, 11) is 1.95. The highest BCUT2D eigenvalue weighted by atomic mass is 32.2. The van der Waals surface area contributed by atoms with Crippen LogP contribution in [0.4, 0.5) is 5.69 Å². The van der Waals surface area contributed by atoms with Crippen molar-refractivity contribution in [3.8, 4) is 0 Å². The Labute approximate surface area is 296 Å². The Morgan fingerprint density at radius 3 is 2.63 bits per heavy atom. The Morgan fingerprint density at radius 1 is 0.939 bits per heavy atom. The molecule has 246 valence electrons. The summed E-state index contributed by atoms with van der Waals surface area (Å²) in [6, 6.07) is 28.7. The normalized spacial score (nSPS) is 13.6. The fourth-order valence-corrected chi connectivity index (χ4v) is 9.48. The van der Waals surface area contributed by atoms with Crippen LogP contribution in [0, 0.1) is 0 Å². The zero-order valence-electron chi connectivity index (χ0n) is 27.2. The van der Waals surface area contributed by atoms with Gasteiger partial charge in [-0.05, 0) is 78.8 Å². The van der Waals surface area contributed by atoms with Crippen LogP contribution in [-0.4, -0.2) is 47.1 Å². The number of hydrogen-bond acceptors (Lipinski definition) is 8. The van der Waals surface area contributed by atoms with Gasteiger partial charge in [-0.2, -0.15) is 0 Å². The molecule has 49 heavy (non-hydrogen) atoms. The summed E-state index contributed by atoms with van der Waals surface area (Å²) in [6.45, 7) is 1.88. The third-order valence-electron chi connectivity index (χ3n) is 9.19. The smallest absolute Gasteiger partial charge is 0.241 e. The first-order chi connectivity index (χ1) is 23.9. The van der Waals surface area contributed by atoms with Crippen LogP contribution in [0.3, 0.4) is 0 Å². The van der Waals surface area contributed by atoms with Crippen molar-refractivity contribution in [1.29, 1.82) is 0 Å². The zero-order valence-corrected chi connectivity index (χ0v) is 29.6. The van der Waals surface area contributed by atoms with Gasteiger partial charge in [0.05, 0.1) is 26.7 Å². The first-order valence-electron chi connectivity index (χ1n) is 16.4. The Bertz CT molecular complexity index is 2370. The second-order valence-electron chi connectivity index (χ2n) is 12.4. The van der Waals surface area contributed by atoms with Crippen LogP contribution >= 0.6 is 34.9 Å². The van der Waals surface area contributed by atoms with Crippen LogP contribution in [-0.2, 0) is 31.1 Å². The van der Waals surface area contributed by atoms with E-state index < -0.39 is 5.25 Å². The number of benzene rings is 4. The van der Waals surface area contributed by atoms with E-state index >= 15 is 0 Å². The van der Waals surface area contributed by atoms with Crippen molar-refractivity contribution >= 4 is 84.3 Å². The molecule has 3 aromatic heterocycles. The van der Waals surface area contributed by atoms with Crippen LogP contribution in [0.5, 0.6) is 0 Å². The van der Waals surface area contributed by atoms with Crippen molar-refractivity contribution < 1.29 is 9.59 Å². The predicted molar refractivity (Wildman–Crippen MR) is 201 cm³/mol. The lowest BCUT2D eigenvalue weighted by Crippen LogP contribution is -2.22. The number of amides is 1. The number of anilines is 1. The number of carbonyl (C=O) groups excluding carboxylic acids is 2. The minimum absolute atomic E-state index is 0.0895. The van der Waals surface area contributed by atoms with E-state index in [4.69, 9.17) is 4.98 Å². The summed E-state index contributed by atoms with van der Waals surface area (Å²) >= 11 is 4.40. The van der Waals surface area contributed by atoms with E-state index in [2.05, 4.69) is 70.1 Å². The number of hydrogen-bond donors (Lipinski definition) is 1. The first kappa shape index (κ1) is 31.8. The number of nitrogens with one attached hydrogen (secondary N) is 1. The van der Waals surface area contributed by atoms with Gasteiger partial charge in [0.25, 0.3) is 0 Å². The standard InChI is InChI=1S/C38H34N6O2S3/c1-23(48-37-42-41-34(43(37)2)20-25-12-9-11-24-10-3-4-13-27(24)25)36(46)39-26-18-19-30-33(21-26)49-38(40-30)47-22-35(45)44-31-16-7-5-14-28(31)29-15-6-8-17-32(29)44/h3-5,7,9-14,16,18-19,21,23H,6,8,15,17,20,22H2,1-2H3,(H,39,46)/t23-/m0/s1. The summed E-state index contributed by atoms with van der Waals surface area (Å²) in [5.74, 6) is 1.13. The molecule has 7 aromatic rings. The van der Waals surface area contributed by atoms with E-state index in [1.54, 1.807) is 0 Å². The Hall–Kier alpha value is -4.45. The molecule has 0 fully saturated rings. The maximum atomic E-state index is 13.6. The quantitative estimate of drug-likeness (QED) is 0.151. The molecule has 11 heteroatoms. The molecule has 0 saturated heterocycles. The molecule has 0 saturated carbocycles. The monoisotopic (exact) mass is 702 g/mol. The first-order valence-corrected chi connectivity index (χ1v) is 19.1. The van der Waals surface area contributed by atoms with Gasteiger partial charge in [-0.25, -0.2) is 4.98 Å². The molecule has 0 radical (unpaired) electrons. The minimum atomic E-state index is -0.391. The van der Waals surface area contributed by atoms with E-state index in [9.17, 15) is 9.59 Å². The van der Waals surface area contributed by atoms with E-state index in [-0.39, 0.29) is 11.8 Å². The van der Waals surface area contributed by atoms with Crippen LogP contribution in [0.25, 0.3) is 31.9 Å². The number of thiazole rings is 1. The van der Waals surface area contributed by atoms with Crippen molar-refractivity contribution in [2.75, 3.05) is 11.1 Å². The SMILES string of the molecule is C[C@H](Sc1nnc(Cc2cccc3ccccc23)n1C)C(=O)Nc1ccc2nc(SCC(=O)n3c4c(c5ccccc53)CCCC4)sc2c1. The molecule has 0 unspecified atom stereocenters. The molecule has 8 nitrogen and oxygen atoms in total. The largest absolute Gasteiger partial charge is 0.325 e. The summed E-state index contributed by atoms with van der Waals surface area (Å²) < 4.78 is 5.71. The van der Waals surface area contributed by atoms with Gasteiger partial charge in [0.1, 0.15) is 5.82 Å². The second kappa shape index (κ2) is 13.5. The van der Waals surface area contributed by atoms with Gasteiger partial charge in [0, 0.05) is 30.2 Å². The average molecular weight is 703 g/mol. The van der Waals surface area contributed by atoms with Crippen LogP contribution in [0.1, 0.15) is 47.2 Å². The van der Waals surface area contributed by atoms with Crippen molar-refractivity contribution in [2.45, 2.75) is 53.8 Å². The fraction of sp³-hybridized carbons (Fsp3) is 0.237. The molecule has 1 N–H and O–H groups in total. The molecule has 0 spiro atoms. The van der Waals surface area contributed by atoms with Crippen molar-refractivity contribution in [3.05, 3.63) is 108 Å². The van der Waals surface area contributed by atoms with Gasteiger partial charge in [0.15, 0.2) is 9.50 Å². The molecule has 1 amide bonds. The van der Waals surface area contributed by atoms with Gasteiger partial charge in [-0.15, -0.1) is 21.5 Å². The van der Waals surface area contributed by atoms with Gasteiger partial charge >= 0.3 is 0 Å². The van der Waals surface area contributed by atoms with Crippen LogP contribution in [0.15, 0.2) is 94.4 Å². The maximum Gasteiger partial charge on any atom is 0.241 e. The highest BCUT2D eigenvalue weighted by Gasteiger charge is 2.24. The Balaban J connectivity index is 0.910. The number of aromatic nitrogens is 5. The van der Waals surface area contributed by atoms with E-state index in [1.807, 2.05) is 53.4 Å². The minimum Gasteiger partial charge on any atom is -0.325 e. The predicted octanol–water partition coefficient (Wildman–Crippen LogP) is 8.55. The van der Waals surface area contributed by atoms with Crippen molar-refractivity contribution in [3.63, 3.8) is 0 Å². The Kier molecular flexibility index (Phi) is 8.73. The molecule has 1 aliphatic rings. The molecular formula is C38H34N6O2S3. The molecule has 0 bridgehead atoms. The molecule has 1 aliphatic carbocycles. The lowest BCUT2D eigenvalue weighted by atomic mass is 9.96. The number of rotatable bonds is 9. The average Bonchev–Trinajstić information content (AvgIpc) is 3.80. The third kappa shape index (κ3) is 6.26.